The van der Waals surface area contributed by atoms with Gasteiger partial charge in [0.1, 0.15) is 0 Å². The fraction of sp³-hybridized carbons (Fsp3) is 0. The number of para-hydroxylation sites is 2. The van der Waals surface area contributed by atoms with Crippen LogP contribution < -0.4 is 10.6 Å². The second kappa shape index (κ2) is 12.8. The summed E-state index contributed by atoms with van der Waals surface area (Å²) in [6.45, 7) is 0. The molecule has 6 aromatic carbocycles. The van der Waals surface area contributed by atoms with Crippen LogP contribution >= 0.6 is 0 Å². The van der Waals surface area contributed by atoms with Crippen molar-refractivity contribution in [3.05, 3.63) is 170 Å². The first kappa shape index (κ1) is 24.6. The van der Waals surface area contributed by atoms with Gasteiger partial charge in [-0.2, -0.15) is 0 Å². The van der Waals surface area contributed by atoms with Gasteiger partial charge < -0.3 is 10.6 Å². The van der Waals surface area contributed by atoms with Crippen molar-refractivity contribution in [1.29, 1.82) is 0 Å². The molecular weight excluding hydrogens is 460 g/mol. The number of rotatable bonds is 6. The van der Waals surface area contributed by atoms with Gasteiger partial charge in [-0.1, -0.05) is 121 Å². The smallest absolute Gasteiger partial charge is 0.0390 e. The molecular formula is C36H30N2. The first-order valence-electron chi connectivity index (χ1n) is 12.8. The highest BCUT2D eigenvalue weighted by molar-refractivity contribution is 5.71. The molecule has 0 atom stereocenters. The van der Waals surface area contributed by atoms with Crippen LogP contribution in [-0.2, 0) is 0 Å². The normalized spacial score (nSPS) is 10.1. The average molecular weight is 491 g/mol. The lowest BCUT2D eigenvalue weighted by molar-refractivity contribution is 1.54. The lowest BCUT2D eigenvalue weighted by atomic mass is 10.1. The summed E-state index contributed by atoms with van der Waals surface area (Å²) >= 11 is 0. The van der Waals surface area contributed by atoms with Gasteiger partial charge in [-0.15, -0.1) is 0 Å². The van der Waals surface area contributed by atoms with Crippen LogP contribution in [0.4, 0.5) is 22.7 Å². The van der Waals surface area contributed by atoms with Crippen LogP contribution in [0.5, 0.6) is 0 Å². The molecule has 0 heterocycles. The molecule has 0 aliphatic heterocycles. The molecule has 0 unspecified atom stereocenters. The molecule has 0 saturated carbocycles. The van der Waals surface area contributed by atoms with E-state index in [2.05, 4.69) is 132 Å². The highest BCUT2D eigenvalue weighted by Crippen LogP contribution is 2.25. The summed E-state index contributed by atoms with van der Waals surface area (Å²) in [6, 6.07) is 58.2. The molecule has 2 heteroatoms. The molecule has 0 aromatic heterocycles. The summed E-state index contributed by atoms with van der Waals surface area (Å²) in [5.41, 5.74) is 9.36. The van der Waals surface area contributed by atoms with Gasteiger partial charge in [0.2, 0.25) is 0 Å². The van der Waals surface area contributed by atoms with E-state index in [1.165, 1.54) is 22.3 Å². The van der Waals surface area contributed by atoms with Gasteiger partial charge in [0.25, 0.3) is 0 Å². The van der Waals surface area contributed by atoms with E-state index >= 15 is 0 Å². The maximum absolute atomic E-state index is 3.41. The van der Waals surface area contributed by atoms with Crippen molar-refractivity contribution in [1.82, 2.24) is 0 Å². The van der Waals surface area contributed by atoms with Crippen molar-refractivity contribution in [2.24, 2.45) is 0 Å². The largest absolute Gasteiger partial charge is 0.356 e. The summed E-state index contributed by atoms with van der Waals surface area (Å²) in [5, 5.41) is 6.80. The van der Waals surface area contributed by atoms with Crippen LogP contribution in [0, 0.1) is 0 Å². The zero-order valence-electron chi connectivity index (χ0n) is 21.2. The Bertz CT molecular complexity index is 1510. The van der Waals surface area contributed by atoms with Crippen molar-refractivity contribution in [3.8, 4) is 22.3 Å². The molecule has 0 aliphatic carbocycles. The molecule has 0 bridgehead atoms. The van der Waals surface area contributed by atoms with E-state index in [0.29, 0.717) is 0 Å². The van der Waals surface area contributed by atoms with E-state index in [4.69, 9.17) is 0 Å². The third kappa shape index (κ3) is 6.99. The third-order valence-electron chi connectivity index (χ3n) is 6.09. The van der Waals surface area contributed by atoms with Gasteiger partial charge in [-0.05, 0) is 70.8 Å². The average Bonchev–Trinajstić information content (AvgIpc) is 3.00. The Morgan fingerprint density at radius 1 is 0.237 bits per heavy atom. The van der Waals surface area contributed by atoms with Gasteiger partial charge >= 0.3 is 0 Å². The molecule has 184 valence electrons. The molecule has 6 rings (SSSR count). The van der Waals surface area contributed by atoms with E-state index in [1.54, 1.807) is 0 Å². The number of nitrogens with one attached hydrogen (secondary N) is 2. The minimum absolute atomic E-state index is 1.10. The molecule has 2 nitrogen and oxygen atoms in total. The number of anilines is 4. The fourth-order valence-electron chi connectivity index (χ4n) is 4.16. The van der Waals surface area contributed by atoms with Crippen LogP contribution in [-0.4, -0.2) is 0 Å². The highest BCUT2D eigenvalue weighted by atomic mass is 14.9. The van der Waals surface area contributed by atoms with Crippen molar-refractivity contribution in [3.63, 3.8) is 0 Å². The first-order chi connectivity index (χ1) is 18.8. The van der Waals surface area contributed by atoms with E-state index in [0.717, 1.165) is 22.7 Å². The minimum Gasteiger partial charge on any atom is -0.356 e. The van der Waals surface area contributed by atoms with Gasteiger partial charge in [-0.25, -0.2) is 0 Å². The van der Waals surface area contributed by atoms with E-state index in [1.807, 2.05) is 48.5 Å². The lowest BCUT2D eigenvalue weighted by Crippen LogP contribution is -1.89. The monoisotopic (exact) mass is 490 g/mol. The van der Waals surface area contributed by atoms with Gasteiger partial charge in [-0.3, -0.25) is 0 Å². The molecule has 6 aromatic rings. The predicted octanol–water partition coefficient (Wildman–Crippen LogP) is 10.2. The lowest BCUT2D eigenvalue weighted by Gasteiger charge is -2.08. The number of hydrogen-bond donors (Lipinski definition) is 2. The molecule has 2 N–H and O–H groups in total. The van der Waals surface area contributed by atoms with Gasteiger partial charge in [0.05, 0.1) is 0 Å². The summed E-state index contributed by atoms with van der Waals surface area (Å²) in [6.07, 6.45) is 0. The summed E-state index contributed by atoms with van der Waals surface area (Å²) in [5.74, 6) is 0. The van der Waals surface area contributed by atoms with Crippen LogP contribution in [0.3, 0.4) is 0 Å². The van der Waals surface area contributed by atoms with Crippen molar-refractivity contribution < 1.29 is 0 Å². The van der Waals surface area contributed by atoms with Crippen LogP contribution in [0.2, 0.25) is 0 Å². The zero-order valence-corrected chi connectivity index (χ0v) is 21.2. The van der Waals surface area contributed by atoms with E-state index in [9.17, 15) is 0 Å². The summed E-state index contributed by atoms with van der Waals surface area (Å²) in [4.78, 5) is 0. The maximum Gasteiger partial charge on any atom is 0.0390 e. The molecule has 0 radical (unpaired) electrons. The number of benzene rings is 6. The highest BCUT2D eigenvalue weighted by Gasteiger charge is 2.00. The second-order valence-electron chi connectivity index (χ2n) is 8.87. The number of hydrogen-bond acceptors (Lipinski definition) is 2. The topological polar surface area (TPSA) is 24.1 Å². The van der Waals surface area contributed by atoms with Crippen LogP contribution in [0.15, 0.2) is 170 Å². The Morgan fingerprint density at radius 3 is 1.11 bits per heavy atom. The molecule has 0 spiro atoms. The van der Waals surface area contributed by atoms with Crippen molar-refractivity contribution >= 4 is 22.7 Å². The van der Waals surface area contributed by atoms with E-state index < -0.39 is 0 Å². The summed E-state index contributed by atoms with van der Waals surface area (Å²) in [7, 11) is 0. The Balaban J connectivity index is 0.000000155. The standard InChI is InChI=1S/2C18H15N/c1-3-8-15(9-4-1)16-10-7-13-18(14-16)19-17-11-5-2-6-12-17;1-3-7-15(8-4-1)16-11-13-18(14-12-16)19-17-9-5-2-6-10-17/h2*1-14,19H. The minimum atomic E-state index is 1.10. The Labute approximate surface area is 225 Å². The zero-order chi connectivity index (χ0) is 25.8. The van der Waals surface area contributed by atoms with Gasteiger partial charge in [0.15, 0.2) is 0 Å². The Kier molecular flexibility index (Phi) is 8.26. The predicted molar refractivity (Wildman–Crippen MR) is 163 cm³/mol. The van der Waals surface area contributed by atoms with Gasteiger partial charge in [0, 0.05) is 22.7 Å². The van der Waals surface area contributed by atoms with Crippen LogP contribution in [0.1, 0.15) is 0 Å². The molecule has 0 amide bonds. The molecule has 38 heavy (non-hydrogen) atoms. The van der Waals surface area contributed by atoms with Crippen molar-refractivity contribution in [2.75, 3.05) is 10.6 Å². The SMILES string of the molecule is c1ccc(Nc2ccc(-c3ccccc3)cc2)cc1.c1ccc(Nc2cccc(-c3ccccc3)c2)cc1. The Morgan fingerprint density at radius 2 is 0.579 bits per heavy atom. The summed E-state index contributed by atoms with van der Waals surface area (Å²) < 4.78 is 0. The van der Waals surface area contributed by atoms with Crippen molar-refractivity contribution in [2.45, 2.75) is 0 Å². The van der Waals surface area contributed by atoms with E-state index in [-0.39, 0.29) is 0 Å². The molecule has 0 saturated heterocycles. The first-order valence-corrected chi connectivity index (χ1v) is 12.8. The Hall–Kier alpha value is -5.08. The quantitative estimate of drug-likeness (QED) is 0.243. The van der Waals surface area contributed by atoms with Crippen LogP contribution in [0.25, 0.3) is 22.3 Å². The third-order valence-corrected chi connectivity index (χ3v) is 6.09. The molecule has 0 fully saturated rings. The fourth-order valence-corrected chi connectivity index (χ4v) is 4.16. The maximum atomic E-state index is 3.41. The molecule has 0 aliphatic rings. The second-order valence-corrected chi connectivity index (χ2v) is 8.87.